The van der Waals surface area contributed by atoms with Gasteiger partial charge in [0, 0.05) is 13.0 Å². The third-order valence-electron chi connectivity index (χ3n) is 2.59. The molecule has 0 radical (unpaired) electrons. The van der Waals surface area contributed by atoms with Crippen LogP contribution in [-0.2, 0) is 19.2 Å². The van der Waals surface area contributed by atoms with Crippen LogP contribution in [-0.4, -0.2) is 51.5 Å². The van der Waals surface area contributed by atoms with E-state index in [1.807, 2.05) is 0 Å². The highest BCUT2D eigenvalue weighted by Crippen LogP contribution is 2.21. The molecule has 1 fully saturated rings. The van der Waals surface area contributed by atoms with E-state index >= 15 is 0 Å². The van der Waals surface area contributed by atoms with Crippen LogP contribution in [0.1, 0.15) is 12.8 Å². The highest BCUT2D eigenvalue weighted by molar-refractivity contribution is 5.92. The summed E-state index contributed by atoms with van der Waals surface area (Å²) in [5, 5.41) is 17.4. The molecule has 0 saturated carbocycles. The Hall–Kier alpha value is -2.12. The number of likely N-dealkylation sites (tertiary alicyclic amines) is 1. The standard InChI is InChI=1S/C9H12N2O6/c10-8(15)4-1-6(12)11(3-4)5(9(16)17)2-7(13)14/h4-5H,1-3H2,(H2,10,15)(H,13,14)(H,16,17). The van der Waals surface area contributed by atoms with Crippen LogP contribution in [0.4, 0.5) is 0 Å². The number of aliphatic carboxylic acids is 2. The summed E-state index contributed by atoms with van der Waals surface area (Å²) in [4.78, 5) is 44.6. The van der Waals surface area contributed by atoms with Gasteiger partial charge in [0.1, 0.15) is 6.04 Å². The Morgan fingerprint density at radius 3 is 2.35 bits per heavy atom. The van der Waals surface area contributed by atoms with E-state index in [0.29, 0.717) is 0 Å². The summed E-state index contributed by atoms with van der Waals surface area (Å²) in [7, 11) is 0. The van der Waals surface area contributed by atoms with Gasteiger partial charge in [0.05, 0.1) is 12.3 Å². The van der Waals surface area contributed by atoms with Crippen molar-refractivity contribution in [2.75, 3.05) is 6.54 Å². The lowest BCUT2D eigenvalue weighted by Gasteiger charge is -2.22. The Bertz CT molecular complexity index is 380. The Labute approximate surface area is 96.0 Å². The van der Waals surface area contributed by atoms with E-state index in [1.54, 1.807) is 0 Å². The predicted molar refractivity (Wildman–Crippen MR) is 52.7 cm³/mol. The molecule has 2 amide bonds. The number of nitrogens with two attached hydrogens (primary N) is 1. The van der Waals surface area contributed by atoms with E-state index in [4.69, 9.17) is 15.9 Å². The molecule has 1 rings (SSSR count). The van der Waals surface area contributed by atoms with Crippen LogP contribution >= 0.6 is 0 Å². The van der Waals surface area contributed by atoms with E-state index in [0.717, 1.165) is 4.90 Å². The van der Waals surface area contributed by atoms with Crippen molar-refractivity contribution in [3.63, 3.8) is 0 Å². The number of nitrogens with zero attached hydrogens (tertiary/aromatic N) is 1. The topological polar surface area (TPSA) is 138 Å². The average Bonchev–Trinajstić information content (AvgIpc) is 2.56. The van der Waals surface area contributed by atoms with Crippen molar-refractivity contribution in [2.24, 2.45) is 11.7 Å². The Kier molecular flexibility index (Phi) is 3.66. The van der Waals surface area contributed by atoms with Crippen LogP contribution in [0.15, 0.2) is 0 Å². The maximum atomic E-state index is 11.5. The van der Waals surface area contributed by atoms with Crippen LogP contribution in [0.5, 0.6) is 0 Å². The maximum Gasteiger partial charge on any atom is 0.327 e. The average molecular weight is 244 g/mol. The minimum absolute atomic E-state index is 0.140. The third kappa shape index (κ3) is 2.92. The van der Waals surface area contributed by atoms with Crippen molar-refractivity contribution in [2.45, 2.75) is 18.9 Å². The summed E-state index contributed by atoms with van der Waals surface area (Å²) in [6.07, 6.45) is -0.870. The number of carbonyl (C=O) groups excluding carboxylic acids is 2. The van der Waals surface area contributed by atoms with E-state index in [1.165, 1.54) is 0 Å². The van der Waals surface area contributed by atoms with Gasteiger partial charge in [-0.1, -0.05) is 0 Å². The predicted octanol–water partition coefficient (Wildman–Crippen LogP) is -1.75. The van der Waals surface area contributed by atoms with Crippen LogP contribution in [0.2, 0.25) is 0 Å². The van der Waals surface area contributed by atoms with Gasteiger partial charge in [0.15, 0.2) is 0 Å². The number of rotatable bonds is 5. The lowest BCUT2D eigenvalue weighted by atomic mass is 10.1. The van der Waals surface area contributed by atoms with E-state index in [-0.39, 0.29) is 13.0 Å². The summed E-state index contributed by atoms with van der Waals surface area (Å²) in [5.74, 6) is -4.75. The second-order valence-electron chi connectivity index (χ2n) is 3.80. The zero-order valence-electron chi connectivity index (χ0n) is 8.83. The second kappa shape index (κ2) is 4.81. The van der Waals surface area contributed by atoms with Crippen molar-refractivity contribution >= 4 is 23.8 Å². The molecule has 8 nitrogen and oxygen atoms in total. The molecule has 17 heavy (non-hydrogen) atoms. The minimum Gasteiger partial charge on any atom is -0.481 e. The fourth-order valence-corrected chi connectivity index (χ4v) is 1.72. The van der Waals surface area contributed by atoms with Gasteiger partial charge in [-0.2, -0.15) is 0 Å². The molecule has 1 aliphatic rings. The molecule has 0 aromatic rings. The molecule has 0 aromatic carbocycles. The molecule has 2 atom stereocenters. The minimum atomic E-state index is -1.45. The van der Waals surface area contributed by atoms with Gasteiger partial charge in [0.2, 0.25) is 11.8 Å². The largest absolute Gasteiger partial charge is 0.481 e. The summed E-state index contributed by atoms with van der Waals surface area (Å²) in [5.41, 5.74) is 5.02. The molecule has 2 unspecified atom stereocenters. The lowest BCUT2D eigenvalue weighted by molar-refractivity contribution is -0.153. The molecule has 8 heteroatoms. The first-order valence-electron chi connectivity index (χ1n) is 4.86. The van der Waals surface area contributed by atoms with Crippen molar-refractivity contribution in [1.29, 1.82) is 0 Å². The summed E-state index contributed by atoms with van der Waals surface area (Å²) >= 11 is 0. The van der Waals surface area contributed by atoms with Gasteiger partial charge in [-0.3, -0.25) is 14.4 Å². The quantitative estimate of drug-likeness (QED) is 0.524. The van der Waals surface area contributed by atoms with E-state index < -0.39 is 42.1 Å². The first-order chi connectivity index (χ1) is 7.82. The van der Waals surface area contributed by atoms with Crippen LogP contribution in [0.25, 0.3) is 0 Å². The zero-order chi connectivity index (χ0) is 13.2. The van der Waals surface area contributed by atoms with Crippen molar-refractivity contribution in [3.8, 4) is 0 Å². The van der Waals surface area contributed by atoms with Crippen LogP contribution < -0.4 is 5.73 Å². The van der Waals surface area contributed by atoms with Gasteiger partial charge >= 0.3 is 11.9 Å². The first-order valence-corrected chi connectivity index (χ1v) is 4.86. The highest BCUT2D eigenvalue weighted by atomic mass is 16.4. The normalized spacial score (nSPS) is 21.3. The van der Waals surface area contributed by atoms with Gasteiger partial charge in [0.25, 0.3) is 0 Å². The maximum absolute atomic E-state index is 11.5. The molecule has 4 N–H and O–H groups in total. The zero-order valence-corrected chi connectivity index (χ0v) is 8.83. The smallest absolute Gasteiger partial charge is 0.327 e. The molecule has 1 aliphatic heterocycles. The first kappa shape index (κ1) is 12.9. The Morgan fingerprint density at radius 1 is 1.41 bits per heavy atom. The number of carboxylic acid groups (broad SMARTS) is 2. The van der Waals surface area contributed by atoms with E-state index in [2.05, 4.69) is 0 Å². The fourth-order valence-electron chi connectivity index (χ4n) is 1.72. The third-order valence-corrected chi connectivity index (χ3v) is 2.59. The van der Waals surface area contributed by atoms with Crippen LogP contribution in [0.3, 0.4) is 0 Å². The Morgan fingerprint density at radius 2 is 2.00 bits per heavy atom. The Balaban J connectivity index is 2.82. The molecular weight excluding hydrogens is 232 g/mol. The highest BCUT2D eigenvalue weighted by Gasteiger charge is 2.40. The summed E-state index contributed by atoms with van der Waals surface area (Å²) in [6.45, 7) is -0.140. The summed E-state index contributed by atoms with van der Waals surface area (Å²) < 4.78 is 0. The number of primary amides is 1. The molecule has 1 saturated heterocycles. The number of amides is 2. The van der Waals surface area contributed by atoms with Crippen molar-refractivity contribution in [3.05, 3.63) is 0 Å². The SMILES string of the molecule is NC(=O)C1CC(=O)N(C(CC(=O)O)C(=O)O)C1. The van der Waals surface area contributed by atoms with Crippen molar-refractivity contribution in [1.82, 2.24) is 4.90 Å². The number of hydrogen-bond donors (Lipinski definition) is 3. The molecule has 0 spiro atoms. The number of hydrogen-bond acceptors (Lipinski definition) is 4. The summed E-state index contributed by atoms with van der Waals surface area (Å²) in [6, 6.07) is -1.45. The number of carbonyl (C=O) groups is 4. The molecule has 94 valence electrons. The van der Waals surface area contributed by atoms with Crippen LogP contribution in [0, 0.1) is 5.92 Å². The molecular formula is C9H12N2O6. The van der Waals surface area contributed by atoms with Gasteiger partial charge in [-0.25, -0.2) is 4.79 Å². The molecule has 1 heterocycles. The lowest BCUT2D eigenvalue weighted by Crippen LogP contribution is -2.44. The van der Waals surface area contributed by atoms with Crippen molar-refractivity contribution < 1.29 is 29.4 Å². The van der Waals surface area contributed by atoms with Gasteiger partial charge in [-0.05, 0) is 0 Å². The molecule has 0 bridgehead atoms. The monoisotopic (exact) mass is 244 g/mol. The number of carboxylic acids is 2. The van der Waals surface area contributed by atoms with Gasteiger partial charge < -0.3 is 20.8 Å². The van der Waals surface area contributed by atoms with Gasteiger partial charge in [-0.15, -0.1) is 0 Å². The molecule has 0 aliphatic carbocycles. The fraction of sp³-hybridized carbons (Fsp3) is 0.556. The molecule has 0 aromatic heterocycles. The second-order valence-corrected chi connectivity index (χ2v) is 3.80. The van der Waals surface area contributed by atoms with E-state index in [9.17, 15) is 19.2 Å².